The first-order valence-electron chi connectivity index (χ1n) is 7.25. The van der Waals surface area contributed by atoms with E-state index in [1.165, 1.54) is 11.3 Å². The number of thiophene rings is 1. The van der Waals surface area contributed by atoms with Gasteiger partial charge in [-0.25, -0.2) is 0 Å². The lowest BCUT2D eigenvalue weighted by molar-refractivity contribution is -0.00169. The van der Waals surface area contributed by atoms with Gasteiger partial charge in [0.05, 0.1) is 23.7 Å². The summed E-state index contributed by atoms with van der Waals surface area (Å²) in [5.41, 5.74) is 1.06. The maximum Gasteiger partial charge on any atom is 0.261 e. The molecule has 0 saturated carbocycles. The molecule has 0 bridgehead atoms. The fourth-order valence-electron chi connectivity index (χ4n) is 1.99. The van der Waals surface area contributed by atoms with Crippen molar-refractivity contribution in [3.63, 3.8) is 0 Å². The molecule has 2 N–H and O–H groups in total. The van der Waals surface area contributed by atoms with E-state index in [9.17, 15) is 9.90 Å². The monoisotopic (exact) mass is 319 g/mol. The number of carbonyl (C=O) groups is 1. The zero-order valence-corrected chi connectivity index (χ0v) is 13.6. The first-order valence-corrected chi connectivity index (χ1v) is 8.07. The lowest BCUT2D eigenvalue weighted by Gasteiger charge is -2.17. The van der Waals surface area contributed by atoms with E-state index in [0.29, 0.717) is 4.88 Å². The molecule has 2 aromatic rings. The van der Waals surface area contributed by atoms with Crippen LogP contribution in [0.5, 0.6) is 0 Å². The first kappa shape index (κ1) is 16.7. The van der Waals surface area contributed by atoms with Crippen molar-refractivity contribution in [1.82, 2.24) is 5.32 Å². The maximum atomic E-state index is 11.9. The summed E-state index contributed by atoms with van der Waals surface area (Å²) >= 11 is 1.44. The average Bonchev–Trinajstić information content (AvgIpc) is 2.97. The van der Waals surface area contributed by atoms with E-state index in [1.807, 2.05) is 50.2 Å². The number of carbonyl (C=O) groups excluding carboxylic acids is 1. The molecule has 1 aromatic carbocycles. The zero-order chi connectivity index (χ0) is 15.9. The fraction of sp³-hybridized carbons (Fsp3) is 0.353. The van der Waals surface area contributed by atoms with Crippen molar-refractivity contribution < 1.29 is 14.6 Å². The molecule has 0 radical (unpaired) electrons. The van der Waals surface area contributed by atoms with Crippen LogP contribution in [0.15, 0.2) is 42.5 Å². The number of amides is 1. The molecule has 0 spiro atoms. The summed E-state index contributed by atoms with van der Waals surface area (Å²) in [5.74, 6) is -0.159. The second-order valence-electron chi connectivity index (χ2n) is 5.16. The summed E-state index contributed by atoms with van der Waals surface area (Å²) in [5, 5.41) is 12.6. The summed E-state index contributed by atoms with van der Waals surface area (Å²) in [6.07, 6.45) is -0.817. The van der Waals surface area contributed by atoms with Gasteiger partial charge in [-0.1, -0.05) is 30.3 Å². The molecule has 118 valence electrons. The Morgan fingerprint density at radius 2 is 2.00 bits per heavy atom. The third-order valence-corrected chi connectivity index (χ3v) is 4.27. The molecular weight excluding hydrogens is 298 g/mol. The van der Waals surface area contributed by atoms with E-state index >= 15 is 0 Å². The van der Waals surface area contributed by atoms with Crippen LogP contribution in [0, 0.1) is 6.92 Å². The molecule has 22 heavy (non-hydrogen) atoms. The molecule has 0 aliphatic heterocycles. The molecule has 1 heterocycles. The Kier molecular flexibility index (Phi) is 6.12. The average molecular weight is 319 g/mol. The predicted octanol–water partition coefficient (Wildman–Crippen LogP) is 2.93. The van der Waals surface area contributed by atoms with Gasteiger partial charge in [0, 0.05) is 11.4 Å². The van der Waals surface area contributed by atoms with E-state index in [0.717, 1.165) is 10.4 Å². The number of aliphatic hydroxyl groups is 1. The van der Waals surface area contributed by atoms with Gasteiger partial charge in [-0.15, -0.1) is 11.3 Å². The highest BCUT2D eigenvalue weighted by Gasteiger charge is 2.12. The molecular formula is C17H21NO3S. The second kappa shape index (κ2) is 8.08. The van der Waals surface area contributed by atoms with Crippen LogP contribution >= 0.6 is 11.3 Å². The summed E-state index contributed by atoms with van der Waals surface area (Å²) < 4.78 is 5.63. The highest BCUT2D eigenvalue weighted by Crippen LogP contribution is 2.16. The van der Waals surface area contributed by atoms with E-state index in [2.05, 4.69) is 5.32 Å². The fourth-order valence-corrected chi connectivity index (χ4v) is 2.77. The first-order chi connectivity index (χ1) is 10.6. The summed E-state index contributed by atoms with van der Waals surface area (Å²) in [6.45, 7) is 4.25. The molecule has 2 unspecified atom stereocenters. The molecule has 0 saturated heterocycles. The normalized spacial score (nSPS) is 13.6. The van der Waals surface area contributed by atoms with E-state index in [1.54, 1.807) is 6.07 Å². The van der Waals surface area contributed by atoms with Gasteiger partial charge in [-0.3, -0.25) is 4.79 Å². The molecule has 1 aromatic heterocycles. The van der Waals surface area contributed by atoms with Crippen LogP contribution in [-0.2, 0) is 4.74 Å². The smallest absolute Gasteiger partial charge is 0.261 e. The molecule has 4 nitrogen and oxygen atoms in total. The van der Waals surface area contributed by atoms with Gasteiger partial charge in [-0.2, -0.15) is 0 Å². The Bertz CT molecular complexity index is 597. The van der Waals surface area contributed by atoms with Crippen molar-refractivity contribution in [3.05, 3.63) is 57.8 Å². The number of rotatable bonds is 7. The van der Waals surface area contributed by atoms with E-state index in [4.69, 9.17) is 4.74 Å². The van der Waals surface area contributed by atoms with Gasteiger partial charge >= 0.3 is 0 Å². The van der Waals surface area contributed by atoms with Gasteiger partial charge in [0.25, 0.3) is 5.91 Å². The van der Waals surface area contributed by atoms with E-state index in [-0.39, 0.29) is 25.2 Å². The molecule has 1 amide bonds. The SMILES string of the molecule is Cc1ccc(C(=O)NCC(O)COC(C)c2ccccc2)s1. The van der Waals surface area contributed by atoms with Gasteiger partial charge < -0.3 is 15.2 Å². The highest BCUT2D eigenvalue weighted by atomic mass is 32.1. The maximum absolute atomic E-state index is 11.9. The lowest BCUT2D eigenvalue weighted by Crippen LogP contribution is -2.34. The molecule has 0 aliphatic rings. The minimum atomic E-state index is -0.726. The topological polar surface area (TPSA) is 58.6 Å². The minimum Gasteiger partial charge on any atom is -0.389 e. The Hall–Kier alpha value is -1.69. The van der Waals surface area contributed by atoms with Crippen LogP contribution < -0.4 is 5.32 Å². The molecule has 5 heteroatoms. The number of benzene rings is 1. The van der Waals surface area contributed by atoms with Crippen molar-refractivity contribution in [2.24, 2.45) is 0 Å². The Balaban J connectivity index is 1.72. The predicted molar refractivity (Wildman–Crippen MR) is 88.2 cm³/mol. The van der Waals surface area contributed by atoms with Crippen molar-refractivity contribution in [3.8, 4) is 0 Å². The standard InChI is InChI=1S/C17H21NO3S/c1-12-8-9-16(22-12)17(20)18-10-15(19)11-21-13(2)14-6-4-3-5-7-14/h3-9,13,15,19H,10-11H2,1-2H3,(H,18,20). The van der Waals surface area contributed by atoms with Crippen LogP contribution in [0.2, 0.25) is 0 Å². The molecule has 2 rings (SSSR count). The van der Waals surface area contributed by atoms with Crippen LogP contribution in [-0.4, -0.2) is 30.3 Å². The van der Waals surface area contributed by atoms with Crippen molar-refractivity contribution in [1.29, 1.82) is 0 Å². The number of aryl methyl sites for hydroxylation is 1. The zero-order valence-electron chi connectivity index (χ0n) is 12.8. The van der Waals surface area contributed by atoms with Gasteiger partial charge in [0.15, 0.2) is 0 Å². The molecule has 2 atom stereocenters. The van der Waals surface area contributed by atoms with Crippen LogP contribution in [0.4, 0.5) is 0 Å². The number of hydrogen-bond donors (Lipinski definition) is 2. The largest absolute Gasteiger partial charge is 0.389 e. The Morgan fingerprint density at radius 3 is 2.64 bits per heavy atom. The quantitative estimate of drug-likeness (QED) is 0.825. The van der Waals surface area contributed by atoms with Crippen LogP contribution in [0.3, 0.4) is 0 Å². The van der Waals surface area contributed by atoms with Crippen molar-refractivity contribution in [2.75, 3.05) is 13.2 Å². The second-order valence-corrected chi connectivity index (χ2v) is 6.45. The highest BCUT2D eigenvalue weighted by molar-refractivity contribution is 7.13. The van der Waals surface area contributed by atoms with Gasteiger partial charge in [0.2, 0.25) is 0 Å². The van der Waals surface area contributed by atoms with Crippen molar-refractivity contribution in [2.45, 2.75) is 26.1 Å². The van der Waals surface area contributed by atoms with Crippen molar-refractivity contribution >= 4 is 17.2 Å². The Morgan fingerprint density at radius 1 is 1.27 bits per heavy atom. The van der Waals surface area contributed by atoms with Gasteiger partial charge in [0.1, 0.15) is 0 Å². The number of nitrogens with one attached hydrogen (secondary N) is 1. The summed E-state index contributed by atoms with van der Waals surface area (Å²) in [7, 11) is 0. The third-order valence-electron chi connectivity index (χ3n) is 3.27. The number of hydrogen-bond acceptors (Lipinski definition) is 4. The van der Waals surface area contributed by atoms with Crippen LogP contribution in [0.25, 0.3) is 0 Å². The number of ether oxygens (including phenoxy) is 1. The summed E-state index contributed by atoms with van der Waals surface area (Å²) in [4.78, 5) is 13.6. The van der Waals surface area contributed by atoms with Crippen LogP contribution in [0.1, 0.15) is 33.1 Å². The van der Waals surface area contributed by atoms with Gasteiger partial charge in [-0.05, 0) is 31.5 Å². The Labute approximate surface area is 134 Å². The molecule has 0 fully saturated rings. The third kappa shape index (κ3) is 4.94. The summed E-state index contributed by atoms with van der Waals surface area (Å²) in [6, 6.07) is 13.5. The lowest BCUT2D eigenvalue weighted by atomic mass is 10.1. The number of aliphatic hydroxyl groups excluding tert-OH is 1. The minimum absolute atomic E-state index is 0.0912. The van der Waals surface area contributed by atoms with E-state index < -0.39 is 6.10 Å². The molecule has 0 aliphatic carbocycles.